The Bertz CT molecular complexity index is 164. The molecule has 0 N–H and O–H groups in total. The lowest BCUT2D eigenvalue weighted by molar-refractivity contribution is -0.131. The molecule has 0 aliphatic carbocycles. The second-order valence-corrected chi connectivity index (χ2v) is 3.66. The summed E-state index contributed by atoms with van der Waals surface area (Å²) in [5.41, 5.74) is 0. The average molecular weight is 185 g/mol. The normalized spacial score (nSPS) is 21.8. The molecule has 0 aromatic heterocycles. The van der Waals surface area contributed by atoms with E-state index in [2.05, 4.69) is 0 Å². The number of rotatable bonds is 4. The van der Waals surface area contributed by atoms with Crippen molar-refractivity contribution < 1.29 is 9.53 Å². The Morgan fingerprint density at radius 2 is 2.38 bits per heavy atom. The van der Waals surface area contributed by atoms with Crippen LogP contribution in [0.4, 0.5) is 0 Å². The van der Waals surface area contributed by atoms with Crippen molar-refractivity contribution in [2.24, 2.45) is 0 Å². The summed E-state index contributed by atoms with van der Waals surface area (Å²) in [6, 6.07) is 0. The van der Waals surface area contributed by atoms with Crippen molar-refractivity contribution in [3.8, 4) is 0 Å². The van der Waals surface area contributed by atoms with E-state index in [0.717, 1.165) is 32.4 Å². The number of nitrogens with zero attached hydrogens (tertiary/aromatic N) is 1. The predicted molar refractivity (Wildman–Crippen MR) is 51.5 cm³/mol. The van der Waals surface area contributed by atoms with Crippen molar-refractivity contribution in [2.45, 2.75) is 38.7 Å². The van der Waals surface area contributed by atoms with Gasteiger partial charge in [0, 0.05) is 26.6 Å². The molecule has 0 aromatic rings. The van der Waals surface area contributed by atoms with Crippen molar-refractivity contribution in [2.75, 3.05) is 20.2 Å². The molecule has 0 saturated carbocycles. The third kappa shape index (κ3) is 3.35. The van der Waals surface area contributed by atoms with E-state index in [4.69, 9.17) is 4.74 Å². The van der Waals surface area contributed by atoms with E-state index in [0.29, 0.717) is 6.42 Å². The highest BCUT2D eigenvalue weighted by Crippen LogP contribution is 2.13. The number of carbonyl (C=O) groups is 1. The molecule has 0 aromatic carbocycles. The summed E-state index contributed by atoms with van der Waals surface area (Å²) in [5.74, 6) is 0.234. The van der Waals surface area contributed by atoms with Crippen LogP contribution in [0.5, 0.6) is 0 Å². The maximum Gasteiger partial charge on any atom is 0.222 e. The molecule has 1 rings (SSSR count). The van der Waals surface area contributed by atoms with E-state index in [-0.39, 0.29) is 12.0 Å². The van der Waals surface area contributed by atoms with Crippen LogP contribution in [0, 0.1) is 0 Å². The Morgan fingerprint density at radius 1 is 1.62 bits per heavy atom. The maximum atomic E-state index is 11.4. The van der Waals surface area contributed by atoms with Gasteiger partial charge in [0.1, 0.15) is 0 Å². The van der Waals surface area contributed by atoms with Gasteiger partial charge in [-0.2, -0.15) is 0 Å². The molecule has 1 heterocycles. The number of amides is 1. The topological polar surface area (TPSA) is 29.5 Å². The van der Waals surface area contributed by atoms with Crippen LogP contribution >= 0.6 is 0 Å². The zero-order valence-corrected chi connectivity index (χ0v) is 8.58. The summed E-state index contributed by atoms with van der Waals surface area (Å²) in [4.78, 5) is 13.2. The van der Waals surface area contributed by atoms with Crippen molar-refractivity contribution >= 4 is 5.91 Å². The molecule has 3 nitrogen and oxygen atoms in total. The first-order valence-electron chi connectivity index (χ1n) is 5.09. The van der Waals surface area contributed by atoms with Gasteiger partial charge in [0.2, 0.25) is 5.91 Å². The highest BCUT2D eigenvalue weighted by molar-refractivity contribution is 5.75. The van der Waals surface area contributed by atoms with Crippen molar-refractivity contribution in [3.63, 3.8) is 0 Å². The van der Waals surface area contributed by atoms with Crippen LogP contribution in [-0.2, 0) is 9.53 Å². The highest BCUT2D eigenvalue weighted by atomic mass is 16.5. The fourth-order valence-electron chi connectivity index (χ4n) is 1.60. The average Bonchev–Trinajstić information content (AvgIpc) is 2.57. The van der Waals surface area contributed by atoms with Gasteiger partial charge >= 0.3 is 0 Å². The van der Waals surface area contributed by atoms with Crippen LogP contribution in [0.25, 0.3) is 0 Å². The summed E-state index contributed by atoms with van der Waals surface area (Å²) in [5, 5.41) is 0. The third-order valence-electron chi connectivity index (χ3n) is 2.39. The zero-order chi connectivity index (χ0) is 9.68. The van der Waals surface area contributed by atoms with Crippen LogP contribution in [0.15, 0.2) is 0 Å². The molecular formula is C10H19NO2. The van der Waals surface area contributed by atoms with E-state index in [1.807, 2.05) is 14.0 Å². The fourth-order valence-corrected chi connectivity index (χ4v) is 1.60. The van der Waals surface area contributed by atoms with Crippen LogP contribution in [0.3, 0.4) is 0 Å². The Hall–Kier alpha value is -0.570. The smallest absolute Gasteiger partial charge is 0.222 e. The molecule has 1 amide bonds. The number of hydrogen-bond donors (Lipinski definition) is 0. The number of hydrogen-bond acceptors (Lipinski definition) is 2. The van der Waals surface area contributed by atoms with Gasteiger partial charge in [-0.1, -0.05) is 6.92 Å². The summed E-state index contributed by atoms with van der Waals surface area (Å²) in [6.45, 7) is 3.65. The Kier molecular flexibility index (Phi) is 4.22. The first-order chi connectivity index (χ1) is 6.24. The van der Waals surface area contributed by atoms with Gasteiger partial charge in [-0.15, -0.1) is 0 Å². The lowest BCUT2D eigenvalue weighted by atomic mass is 10.2. The SMILES string of the molecule is CCCC(=O)N(C)CC1CCCO1. The van der Waals surface area contributed by atoms with E-state index in [1.165, 1.54) is 0 Å². The fraction of sp³-hybridized carbons (Fsp3) is 0.900. The molecule has 1 unspecified atom stereocenters. The molecule has 3 heteroatoms. The van der Waals surface area contributed by atoms with Gasteiger partial charge in [0.05, 0.1) is 6.10 Å². The largest absolute Gasteiger partial charge is 0.376 e. The molecule has 1 aliphatic rings. The third-order valence-corrected chi connectivity index (χ3v) is 2.39. The van der Waals surface area contributed by atoms with Crippen LogP contribution in [-0.4, -0.2) is 37.1 Å². The van der Waals surface area contributed by atoms with Crippen LogP contribution in [0.2, 0.25) is 0 Å². The van der Waals surface area contributed by atoms with Gasteiger partial charge in [0.25, 0.3) is 0 Å². The number of ether oxygens (including phenoxy) is 1. The Labute approximate surface area is 80.1 Å². The minimum absolute atomic E-state index is 0.234. The monoisotopic (exact) mass is 185 g/mol. The molecule has 76 valence electrons. The molecule has 1 atom stereocenters. The van der Waals surface area contributed by atoms with E-state index >= 15 is 0 Å². The molecule has 1 fully saturated rings. The second kappa shape index (κ2) is 5.22. The molecule has 1 saturated heterocycles. The summed E-state index contributed by atoms with van der Waals surface area (Å²) < 4.78 is 5.46. The predicted octanol–water partition coefficient (Wildman–Crippen LogP) is 1.42. The standard InChI is InChI=1S/C10H19NO2/c1-3-5-10(12)11(2)8-9-6-4-7-13-9/h9H,3-8H2,1-2H3. The molecule has 0 spiro atoms. The van der Waals surface area contributed by atoms with Crippen LogP contribution < -0.4 is 0 Å². The highest BCUT2D eigenvalue weighted by Gasteiger charge is 2.19. The Morgan fingerprint density at radius 3 is 2.92 bits per heavy atom. The van der Waals surface area contributed by atoms with Gasteiger partial charge in [-0.25, -0.2) is 0 Å². The van der Waals surface area contributed by atoms with Gasteiger partial charge in [-0.05, 0) is 19.3 Å². The number of likely N-dealkylation sites (N-methyl/N-ethyl adjacent to an activating group) is 1. The van der Waals surface area contributed by atoms with Gasteiger partial charge in [0.15, 0.2) is 0 Å². The zero-order valence-electron chi connectivity index (χ0n) is 8.58. The van der Waals surface area contributed by atoms with Crippen molar-refractivity contribution in [1.82, 2.24) is 4.90 Å². The lowest BCUT2D eigenvalue weighted by Gasteiger charge is -2.20. The maximum absolute atomic E-state index is 11.4. The molecule has 0 radical (unpaired) electrons. The summed E-state index contributed by atoms with van der Waals surface area (Å²) >= 11 is 0. The minimum atomic E-state index is 0.234. The molecule has 13 heavy (non-hydrogen) atoms. The molecule has 0 bridgehead atoms. The van der Waals surface area contributed by atoms with E-state index in [1.54, 1.807) is 4.90 Å². The van der Waals surface area contributed by atoms with E-state index < -0.39 is 0 Å². The second-order valence-electron chi connectivity index (χ2n) is 3.66. The summed E-state index contributed by atoms with van der Waals surface area (Å²) in [6.07, 6.45) is 4.10. The summed E-state index contributed by atoms with van der Waals surface area (Å²) in [7, 11) is 1.86. The van der Waals surface area contributed by atoms with Gasteiger partial charge in [-0.3, -0.25) is 4.79 Å². The van der Waals surface area contributed by atoms with Crippen molar-refractivity contribution in [1.29, 1.82) is 0 Å². The van der Waals surface area contributed by atoms with E-state index in [9.17, 15) is 4.79 Å². The quantitative estimate of drug-likeness (QED) is 0.663. The van der Waals surface area contributed by atoms with Crippen LogP contribution in [0.1, 0.15) is 32.6 Å². The first kappa shape index (κ1) is 10.5. The minimum Gasteiger partial charge on any atom is -0.376 e. The Balaban J connectivity index is 2.22. The number of carbonyl (C=O) groups excluding carboxylic acids is 1. The van der Waals surface area contributed by atoms with Gasteiger partial charge < -0.3 is 9.64 Å². The lowest BCUT2D eigenvalue weighted by Crippen LogP contribution is -2.33. The molecular weight excluding hydrogens is 166 g/mol. The molecule has 1 aliphatic heterocycles. The first-order valence-corrected chi connectivity index (χ1v) is 5.09. The van der Waals surface area contributed by atoms with Crippen molar-refractivity contribution in [3.05, 3.63) is 0 Å².